The highest BCUT2D eigenvalue weighted by molar-refractivity contribution is 6.07. The van der Waals surface area contributed by atoms with Crippen LogP contribution in [0.5, 0.6) is 0 Å². The average molecular weight is 383 g/mol. The van der Waals surface area contributed by atoms with Gasteiger partial charge in [-0.05, 0) is 29.8 Å². The lowest BCUT2D eigenvalue weighted by Gasteiger charge is -2.23. The van der Waals surface area contributed by atoms with Crippen molar-refractivity contribution < 1.29 is 9.90 Å². The van der Waals surface area contributed by atoms with Gasteiger partial charge in [-0.25, -0.2) is 4.98 Å². The number of carbonyl (C=O) groups is 1. The van der Waals surface area contributed by atoms with Crippen LogP contribution in [0.15, 0.2) is 85.2 Å². The van der Waals surface area contributed by atoms with Gasteiger partial charge >= 0.3 is 0 Å². The minimum Gasteiger partial charge on any atom is -0.395 e. The van der Waals surface area contributed by atoms with E-state index in [2.05, 4.69) is 4.98 Å². The number of fused-ring (bicyclic) bond motifs is 1. The van der Waals surface area contributed by atoms with Crippen molar-refractivity contribution in [2.45, 2.75) is 6.54 Å². The maximum absolute atomic E-state index is 13.5. The number of aromatic nitrogens is 2. The molecule has 2 aromatic heterocycles. The summed E-state index contributed by atoms with van der Waals surface area (Å²) in [6.45, 7) is 0.593. The summed E-state index contributed by atoms with van der Waals surface area (Å²) in [4.78, 5) is 24.0. The Morgan fingerprint density at radius 3 is 2.41 bits per heavy atom. The largest absolute Gasteiger partial charge is 0.395 e. The second kappa shape index (κ2) is 8.63. The van der Waals surface area contributed by atoms with Crippen molar-refractivity contribution in [3.8, 4) is 11.3 Å². The molecule has 0 fully saturated rings. The van der Waals surface area contributed by atoms with Crippen LogP contribution in [0.4, 0.5) is 0 Å². The average Bonchev–Trinajstić information content (AvgIpc) is 2.79. The predicted octanol–water partition coefficient (Wildman–Crippen LogP) is 3.93. The van der Waals surface area contributed by atoms with Gasteiger partial charge in [-0.3, -0.25) is 9.78 Å². The lowest BCUT2D eigenvalue weighted by Crippen LogP contribution is -2.33. The second-order valence-corrected chi connectivity index (χ2v) is 6.74. The fourth-order valence-electron chi connectivity index (χ4n) is 3.37. The van der Waals surface area contributed by atoms with Crippen LogP contribution < -0.4 is 0 Å². The number of aliphatic hydroxyl groups is 1. The van der Waals surface area contributed by atoms with Crippen LogP contribution in [-0.2, 0) is 6.54 Å². The molecule has 0 saturated heterocycles. The monoisotopic (exact) mass is 383 g/mol. The molecule has 0 aliphatic rings. The molecule has 0 saturated carbocycles. The van der Waals surface area contributed by atoms with Crippen molar-refractivity contribution >= 4 is 16.8 Å². The van der Waals surface area contributed by atoms with Crippen molar-refractivity contribution in [2.24, 2.45) is 0 Å². The molecule has 1 N–H and O–H groups in total. The van der Waals surface area contributed by atoms with Gasteiger partial charge in [0.05, 0.1) is 23.4 Å². The molecular formula is C24H21N3O2. The minimum atomic E-state index is -0.128. The van der Waals surface area contributed by atoms with Crippen LogP contribution >= 0.6 is 0 Å². The Balaban J connectivity index is 1.79. The summed E-state index contributed by atoms with van der Waals surface area (Å²) in [5.41, 5.74) is 3.97. The van der Waals surface area contributed by atoms with Gasteiger partial charge in [-0.2, -0.15) is 0 Å². The summed E-state index contributed by atoms with van der Waals surface area (Å²) in [6.07, 6.45) is 3.42. The molecule has 2 heterocycles. The van der Waals surface area contributed by atoms with E-state index >= 15 is 0 Å². The molecule has 0 spiro atoms. The van der Waals surface area contributed by atoms with Gasteiger partial charge in [0.25, 0.3) is 5.91 Å². The third-order valence-corrected chi connectivity index (χ3v) is 4.80. The van der Waals surface area contributed by atoms with Crippen molar-refractivity contribution in [1.29, 1.82) is 0 Å². The molecule has 2 aromatic carbocycles. The normalized spacial score (nSPS) is 10.8. The van der Waals surface area contributed by atoms with Crippen molar-refractivity contribution in [3.63, 3.8) is 0 Å². The summed E-state index contributed by atoms with van der Waals surface area (Å²) in [5.74, 6) is -0.128. The Kier molecular flexibility index (Phi) is 5.59. The van der Waals surface area contributed by atoms with Crippen LogP contribution in [-0.4, -0.2) is 39.0 Å². The molecule has 144 valence electrons. The van der Waals surface area contributed by atoms with Gasteiger partial charge < -0.3 is 10.0 Å². The van der Waals surface area contributed by atoms with Crippen LogP contribution in [0.1, 0.15) is 15.9 Å². The summed E-state index contributed by atoms with van der Waals surface area (Å²) < 4.78 is 0. The number of para-hydroxylation sites is 1. The topological polar surface area (TPSA) is 66.3 Å². The zero-order valence-corrected chi connectivity index (χ0v) is 15.9. The molecular weight excluding hydrogens is 362 g/mol. The molecule has 5 heteroatoms. The maximum atomic E-state index is 13.5. The van der Waals surface area contributed by atoms with Gasteiger partial charge in [-0.15, -0.1) is 0 Å². The molecule has 4 aromatic rings. The van der Waals surface area contributed by atoms with Gasteiger partial charge in [0.2, 0.25) is 0 Å². The van der Waals surface area contributed by atoms with E-state index in [4.69, 9.17) is 4.98 Å². The lowest BCUT2D eigenvalue weighted by molar-refractivity contribution is 0.0710. The number of amides is 1. The van der Waals surface area contributed by atoms with Crippen LogP contribution in [0.25, 0.3) is 22.2 Å². The number of aliphatic hydroxyl groups excluding tert-OH is 1. The first-order valence-corrected chi connectivity index (χ1v) is 9.50. The third-order valence-electron chi connectivity index (χ3n) is 4.80. The molecule has 29 heavy (non-hydrogen) atoms. The standard InChI is InChI=1S/C24H21N3O2/c28-15-14-27(17-18-6-2-1-3-7-18)24(29)21-16-23(19-10-12-25-13-11-19)26-22-9-5-4-8-20(21)22/h1-13,16,28H,14-15,17H2. The molecule has 0 aliphatic carbocycles. The van der Waals surface area contributed by atoms with E-state index in [1.54, 1.807) is 17.3 Å². The summed E-state index contributed by atoms with van der Waals surface area (Å²) in [5, 5.41) is 10.3. The molecule has 4 rings (SSSR count). The maximum Gasteiger partial charge on any atom is 0.255 e. The zero-order chi connectivity index (χ0) is 20.1. The van der Waals surface area contributed by atoms with Gasteiger partial charge in [0.15, 0.2) is 0 Å². The molecule has 0 atom stereocenters. The van der Waals surface area contributed by atoms with Crippen LogP contribution in [0.3, 0.4) is 0 Å². The summed E-state index contributed by atoms with van der Waals surface area (Å²) in [6, 6.07) is 23.0. The van der Waals surface area contributed by atoms with Crippen molar-refractivity contribution in [3.05, 3.63) is 96.3 Å². The van der Waals surface area contributed by atoms with Crippen molar-refractivity contribution in [1.82, 2.24) is 14.9 Å². The first-order chi connectivity index (χ1) is 14.3. The molecule has 0 radical (unpaired) electrons. The Morgan fingerprint density at radius 1 is 0.931 bits per heavy atom. The van der Waals surface area contributed by atoms with Gasteiger partial charge in [0.1, 0.15) is 0 Å². The molecule has 1 amide bonds. The second-order valence-electron chi connectivity index (χ2n) is 6.74. The Hall–Kier alpha value is -3.57. The van der Waals surface area contributed by atoms with E-state index in [0.717, 1.165) is 27.7 Å². The molecule has 0 aliphatic heterocycles. The zero-order valence-electron chi connectivity index (χ0n) is 15.9. The highest BCUT2D eigenvalue weighted by atomic mass is 16.3. The third kappa shape index (κ3) is 4.15. The highest BCUT2D eigenvalue weighted by Gasteiger charge is 2.20. The minimum absolute atomic E-state index is 0.0984. The number of hydrogen-bond acceptors (Lipinski definition) is 4. The Bertz CT molecular complexity index is 1110. The van der Waals surface area contributed by atoms with E-state index in [0.29, 0.717) is 12.1 Å². The van der Waals surface area contributed by atoms with Gasteiger partial charge in [0, 0.05) is 36.4 Å². The molecule has 0 unspecified atom stereocenters. The Labute approximate surface area is 169 Å². The first kappa shape index (κ1) is 18.8. The van der Waals surface area contributed by atoms with Crippen LogP contribution in [0, 0.1) is 0 Å². The number of nitrogens with zero attached hydrogens (tertiary/aromatic N) is 3. The van der Waals surface area contributed by atoms with E-state index in [1.807, 2.05) is 72.8 Å². The number of benzene rings is 2. The van der Waals surface area contributed by atoms with E-state index in [1.165, 1.54) is 0 Å². The number of pyridine rings is 2. The summed E-state index contributed by atoms with van der Waals surface area (Å²) >= 11 is 0. The SMILES string of the molecule is O=C(c1cc(-c2ccncc2)nc2ccccc12)N(CCO)Cc1ccccc1. The lowest BCUT2D eigenvalue weighted by atomic mass is 10.0. The quantitative estimate of drug-likeness (QED) is 0.548. The Morgan fingerprint density at radius 2 is 1.66 bits per heavy atom. The predicted molar refractivity (Wildman–Crippen MR) is 113 cm³/mol. The first-order valence-electron chi connectivity index (χ1n) is 9.50. The van der Waals surface area contributed by atoms with E-state index < -0.39 is 0 Å². The molecule has 0 bridgehead atoms. The van der Waals surface area contributed by atoms with Crippen molar-refractivity contribution in [2.75, 3.05) is 13.2 Å². The fourth-order valence-corrected chi connectivity index (χ4v) is 3.37. The smallest absolute Gasteiger partial charge is 0.255 e. The molecule has 5 nitrogen and oxygen atoms in total. The number of rotatable bonds is 6. The van der Waals surface area contributed by atoms with E-state index in [-0.39, 0.29) is 19.1 Å². The fraction of sp³-hybridized carbons (Fsp3) is 0.125. The number of carbonyl (C=O) groups excluding carboxylic acids is 1. The van der Waals surface area contributed by atoms with Gasteiger partial charge in [-0.1, -0.05) is 48.5 Å². The summed E-state index contributed by atoms with van der Waals surface area (Å²) in [7, 11) is 0. The van der Waals surface area contributed by atoms with Crippen LogP contribution in [0.2, 0.25) is 0 Å². The van der Waals surface area contributed by atoms with E-state index in [9.17, 15) is 9.90 Å². The number of hydrogen-bond donors (Lipinski definition) is 1. The highest BCUT2D eigenvalue weighted by Crippen LogP contribution is 2.26.